The van der Waals surface area contributed by atoms with Crippen molar-refractivity contribution in [2.75, 3.05) is 12.4 Å². The molecule has 1 aromatic carbocycles. The molecule has 0 aliphatic heterocycles. The number of aromatic carboxylic acids is 1. The average Bonchev–Trinajstić information content (AvgIpc) is 2.91. The fourth-order valence-electron chi connectivity index (χ4n) is 1.89. The maximum atomic E-state index is 12.1. The van der Waals surface area contributed by atoms with Crippen molar-refractivity contribution in [3.63, 3.8) is 0 Å². The lowest BCUT2D eigenvalue weighted by molar-refractivity contribution is 0.0695. The minimum Gasteiger partial charge on any atom is -0.496 e. The van der Waals surface area contributed by atoms with Gasteiger partial charge < -0.3 is 15.2 Å². The zero-order valence-electron chi connectivity index (χ0n) is 11.9. The number of carboxylic acids is 1. The zero-order chi connectivity index (χ0) is 15.6. The summed E-state index contributed by atoms with van der Waals surface area (Å²) in [6, 6.07) is 4.86. The Morgan fingerprint density at radius 3 is 2.52 bits per heavy atom. The van der Waals surface area contributed by atoms with E-state index in [0.29, 0.717) is 21.9 Å². The van der Waals surface area contributed by atoms with Gasteiger partial charge in [-0.2, -0.15) is 0 Å². The minimum absolute atomic E-state index is 0.189. The van der Waals surface area contributed by atoms with Gasteiger partial charge in [-0.25, -0.2) is 4.79 Å². The van der Waals surface area contributed by atoms with E-state index < -0.39 is 5.97 Å². The van der Waals surface area contributed by atoms with Crippen molar-refractivity contribution in [2.45, 2.75) is 13.8 Å². The van der Waals surface area contributed by atoms with Crippen molar-refractivity contribution in [3.8, 4) is 5.75 Å². The van der Waals surface area contributed by atoms with Crippen molar-refractivity contribution >= 4 is 28.9 Å². The van der Waals surface area contributed by atoms with Crippen molar-refractivity contribution in [1.29, 1.82) is 0 Å². The van der Waals surface area contributed by atoms with Gasteiger partial charge in [0.2, 0.25) is 0 Å². The number of nitrogens with one attached hydrogen (secondary N) is 1. The van der Waals surface area contributed by atoms with Crippen LogP contribution in [-0.4, -0.2) is 24.1 Å². The number of thiophene rings is 1. The van der Waals surface area contributed by atoms with E-state index >= 15 is 0 Å². The number of hydrogen-bond acceptors (Lipinski definition) is 4. The van der Waals surface area contributed by atoms with E-state index in [0.717, 1.165) is 5.56 Å². The van der Waals surface area contributed by atoms with Crippen LogP contribution in [0.15, 0.2) is 23.6 Å². The zero-order valence-corrected chi connectivity index (χ0v) is 12.7. The molecule has 2 aromatic rings. The second-order valence-electron chi connectivity index (χ2n) is 4.58. The van der Waals surface area contributed by atoms with Gasteiger partial charge in [-0.15, -0.1) is 11.3 Å². The van der Waals surface area contributed by atoms with Gasteiger partial charge in [0.15, 0.2) is 0 Å². The SMILES string of the molecule is COc1csc(C(=O)Nc2cc(C)c(C)c(C(=O)O)c2)c1. The largest absolute Gasteiger partial charge is 0.496 e. The summed E-state index contributed by atoms with van der Waals surface area (Å²) in [4.78, 5) is 23.8. The number of amides is 1. The first-order chi connectivity index (χ1) is 9.92. The van der Waals surface area contributed by atoms with Gasteiger partial charge >= 0.3 is 5.97 Å². The van der Waals surface area contributed by atoms with Gasteiger partial charge in [-0.3, -0.25) is 4.79 Å². The molecule has 0 fully saturated rings. The molecule has 0 radical (unpaired) electrons. The highest BCUT2D eigenvalue weighted by Crippen LogP contribution is 2.24. The van der Waals surface area contributed by atoms with Crippen LogP contribution in [0.3, 0.4) is 0 Å². The van der Waals surface area contributed by atoms with Crippen LogP contribution in [0.5, 0.6) is 5.75 Å². The van der Waals surface area contributed by atoms with Gasteiger partial charge in [0.25, 0.3) is 5.91 Å². The van der Waals surface area contributed by atoms with Crippen molar-refractivity contribution in [3.05, 3.63) is 45.1 Å². The van der Waals surface area contributed by atoms with Gasteiger partial charge in [0, 0.05) is 17.1 Å². The highest BCUT2D eigenvalue weighted by Gasteiger charge is 2.14. The molecule has 6 heteroatoms. The van der Waals surface area contributed by atoms with E-state index in [-0.39, 0.29) is 11.5 Å². The highest BCUT2D eigenvalue weighted by atomic mass is 32.1. The van der Waals surface area contributed by atoms with Crippen molar-refractivity contribution in [1.82, 2.24) is 0 Å². The topological polar surface area (TPSA) is 75.6 Å². The van der Waals surface area contributed by atoms with E-state index in [1.54, 1.807) is 24.4 Å². The molecule has 0 aliphatic rings. The Morgan fingerprint density at radius 2 is 1.95 bits per heavy atom. The van der Waals surface area contributed by atoms with Crippen LogP contribution in [-0.2, 0) is 0 Å². The van der Waals surface area contributed by atoms with Crippen molar-refractivity contribution < 1.29 is 19.4 Å². The van der Waals surface area contributed by atoms with Crippen LogP contribution in [0.2, 0.25) is 0 Å². The molecule has 2 N–H and O–H groups in total. The highest BCUT2D eigenvalue weighted by molar-refractivity contribution is 7.12. The third kappa shape index (κ3) is 3.22. The standard InChI is InChI=1S/C15H15NO4S/c1-8-4-10(5-12(9(8)2)15(18)19)16-14(17)13-6-11(20-3)7-21-13/h4-7H,1-3H3,(H,16,17)(H,18,19). The monoisotopic (exact) mass is 305 g/mol. The fraction of sp³-hybridized carbons (Fsp3) is 0.200. The molecule has 0 aliphatic carbocycles. The molecule has 0 unspecified atom stereocenters. The second-order valence-corrected chi connectivity index (χ2v) is 5.49. The normalized spacial score (nSPS) is 10.2. The number of anilines is 1. The van der Waals surface area contributed by atoms with E-state index in [1.165, 1.54) is 24.5 Å². The van der Waals surface area contributed by atoms with Gasteiger partial charge in [0.05, 0.1) is 17.6 Å². The summed E-state index contributed by atoms with van der Waals surface area (Å²) in [7, 11) is 1.53. The molecule has 0 atom stereocenters. The molecule has 0 spiro atoms. The summed E-state index contributed by atoms with van der Waals surface area (Å²) in [5.41, 5.74) is 2.16. The predicted molar refractivity (Wildman–Crippen MR) is 81.7 cm³/mol. The third-order valence-corrected chi connectivity index (χ3v) is 4.10. The van der Waals surface area contributed by atoms with E-state index in [4.69, 9.17) is 4.74 Å². The summed E-state index contributed by atoms with van der Waals surface area (Å²) < 4.78 is 5.03. The first-order valence-electron chi connectivity index (χ1n) is 6.20. The third-order valence-electron chi connectivity index (χ3n) is 3.19. The first kappa shape index (κ1) is 15.1. The van der Waals surface area contributed by atoms with E-state index in [9.17, 15) is 14.7 Å². The summed E-state index contributed by atoms with van der Waals surface area (Å²) in [5, 5.41) is 13.6. The molecule has 0 bridgehead atoms. The van der Waals surface area contributed by atoms with Crippen LogP contribution in [0.25, 0.3) is 0 Å². The molecule has 1 amide bonds. The maximum Gasteiger partial charge on any atom is 0.336 e. The fourth-order valence-corrected chi connectivity index (χ4v) is 2.64. The second kappa shape index (κ2) is 5.97. The van der Waals surface area contributed by atoms with E-state index in [2.05, 4.69) is 5.32 Å². The number of benzene rings is 1. The summed E-state index contributed by atoms with van der Waals surface area (Å²) in [6.45, 7) is 3.56. The number of ether oxygens (including phenoxy) is 1. The summed E-state index contributed by atoms with van der Waals surface area (Å²) in [6.07, 6.45) is 0. The summed E-state index contributed by atoms with van der Waals surface area (Å²) in [5.74, 6) is -0.677. The van der Waals surface area contributed by atoms with Crippen molar-refractivity contribution in [2.24, 2.45) is 0 Å². The van der Waals surface area contributed by atoms with Crippen LogP contribution in [0.4, 0.5) is 5.69 Å². The number of carbonyl (C=O) groups is 2. The lowest BCUT2D eigenvalue weighted by atomic mass is 10.0. The molecule has 0 saturated heterocycles. The number of rotatable bonds is 4. The molecule has 110 valence electrons. The lowest BCUT2D eigenvalue weighted by Gasteiger charge is -2.10. The molecule has 5 nitrogen and oxygen atoms in total. The molecular formula is C15H15NO4S. The number of methoxy groups -OCH3 is 1. The Kier molecular flexibility index (Phi) is 4.28. The number of aryl methyl sites for hydroxylation is 1. The number of hydrogen-bond donors (Lipinski definition) is 2. The Morgan fingerprint density at radius 1 is 1.24 bits per heavy atom. The van der Waals surface area contributed by atoms with E-state index in [1.807, 2.05) is 6.92 Å². The van der Waals surface area contributed by atoms with Gasteiger partial charge in [0.1, 0.15) is 5.75 Å². The lowest BCUT2D eigenvalue weighted by Crippen LogP contribution is -2.12. The first-order valence-corrected chi connectivity index (χ1v) is 7.08. The maximum absolute atomic E-state index is 12.1. The molecular weight excluding hydrogens is 290 g/mol. The number of carboxylic acid groups (broad SMARTS) is 1. The Hall–Kier alpha value is -2.34. The molecule has 2 rings (SSSR count). The van der Waals surface area contributed by atoms with Crippen LogP contribution in [0.1, 0.15) is 31.2 Å². The quantitative estimate of drug-likeness (QED) is 0.908. The van der Waals surface area contributed by atoms with Crippen LogP contribution >= 0.6 is 11.3 Å². The Balaban J connectivity index is 2.27. The van der Waals surface area contributed by atoms with Crippen LogP contribution in [0, 0.1) is 13.8 Å². The molecule has 1 heterocycles. The average molecular weight is 305 g/mol. The molecule has 21 heavy (non-hydrogen) atoms. The smallest absolute Gasteiger partial charge is 0.336 e. The minimum atomic E-state index is -1.01. The Labute approximate surface area is 126 Å². The number of carbonyl (C=O) groups excluding carboxylic acids is 1. The van der Waals surface area contributed by atoms with Gasteiger partial charge in [-0.05, 0) is 37.1 Å². The van der Waals surface area contributed by atoms with Crippen LogP contribution < -0.4 is 10.1 Å². The Bertz CT molecular complexity index is 706. The van der Waals surface area contributed by atoms with Gasteiger partial charge in [-0.1, -0.05) is 0 Å². The predicted octanol–water partition coefficient (Wildman–Crippen LogP) is 3.32. The molecule has 0 saturated carbocycles. The molecule has 1 aromatic heterocycles. The summed E-state index contributed by atoms with van der Waals surface area (Å²) >= 11 is 1.27.